The summed E-state index contributed by atoms with van der Waals surface area (Å²) < 4.78 is 26.7. The molecule has 4 heteroatoms. The number of hydrogen-bond donors (Lipinski definition) is 0. The maximum absolute atomic E-state index is 15.3. The number of halogens is 1. The highest BCUT2D eigenvalue weighted by Crippen LogP contribution is 2.38. The van der Waals surface area contributed by atoms with Crippen LogP contribution in [0.2, 0.25) is 0 Å². The second-order valence-corrected chi connectivity index (χ2v) is 11.1. The van der Waals surface area contributed by atoms with E-state index in [4.69, 9.17) is 9.15 Å². The smallest absolute Gasteiger partial charge is 0.347 e. The number of ether oxygens (including phenoxy) is 1. The van der Waals surface area contributed by atoms with Crippen molar-refractivity contribution >= 4 is 10.8 Å². The Balaban J connectivity index is 1.30. The van der Waals surface area contributed by atoms with Crippen LogP contribution in [0.4, 0.5) is 4.39 Å². The average Bonchev–Trinajstić information content (AvgIpc) is 2.93. The molecular weight excluding hydrogens is 451 g/mol. The Morgan fingerprint density at radius 1 is 0.833 bits per heavy atom. The molecule has 0 bridgehead atoms. The van der Waals surface area contributed by atoms with Crippen molar-refractivity contribution in [2.24, 2.45) is 17.8 Å². The summed E-state index contributed by atoms with van der Waals surface area (Å²) in [5.41, 5.74) is 1.53. The molecule has 2 fully saturated rings. The van der Waals surface area contributed by atoms with E-state index in [0.717, 1.165) is 30.2 Å². The van der Waals surface area contributed by atoms with E-state index in [1.165, 1.54) is 56.9 Å². The summed E-state index contributed by atoms with van der Waals surface area (Å²) in [4.78, 5) is 12.8. The lowest BCUT2D eigenvalue weighted by molar-refractivity contribution is 0.177. The average molecular weight is 491 g/mol. The molecule has 3 nitrogen and oxygen atoms in total. The van der Waals surface area contributed by atoms with Crippen molar-refractivity contribution in [1.82, 2.24) is 0 Å². The van der Waals surface area contributed by atoms with E-state index in [-0.39, 0.29) is 11.1 Å². The zero-order valence-corrected chi connectivity index (χ0v) is 21.7. The molecule has 2 saturated carbocycles. The fourth-order valence-electron chi connectivity index (χ4n) is 6.31. The third-order valence-corrected chi connectivity index (χ3v) is 8.94. The Bertz CT molecular complexity index is 1210. The van der Waals surface area contributed by atoms with Crippen molar-refractivity contribution in [2.75, 3.05) is 6.61 Å². The van der Waals surface area contributed by atoms with Crippen LogP contribution in [0.1, 0.15) is 89.5 Å². The highest BCUT2D eigenvalue weighted by Gasteiger charge is 2.23. The van der Waals surface area contributed by atoms with Gasteiger partial charge in [-0.2, -0.15) is 0 Å². The molecule has 0 saturated heterocycles. The minimum Gasteiger partial charge on any atom is -0.490 e. The van der Waals surface area contributed by atoms with Gasteiger partial charge in [0.15, 0.2) is 11.6 Å². The normalized spacial score (nSPS) is 24.6. The van der Waals surface area contributed by atoms with Crippen LogP contribution >= 0.6 is 0 Å². The van der Waals surface area contributed by atoms with E-state index in [9.17, 15) is 4.79 Å². The highest BCUT2D eigenvalue weighted by atomic mass is 19.1. The highest BCUT2D eigenvalue weighted by molar-refractivity contribution is 5.86. The summed E-state index contributed by atoms with van der Waals surface area (Å²) in [5, 5.41) is 0.506. The lowest BCUT2D eigenvalue weighted by atomic mass is 9.78. The van der Waals surface area contributed by atoms with E-state index in [1.807, 2.05) is 12.1 Å². The molecule has 0 N–H and O–H groups in total. The monoisotopic (exact) mass is 490 g/mol. The van der Waals surface area contributed by atoms with Crippen molar-refractivity contribution in [1.29, 1.82) is 0 Å². The maximum Gasteiger partial charge on any atom is 0.347 e. The molecule has 0 spiro atoms. The van der Waals surface area contributed by atoms with Crippen LogP contribution in [-0.2, 0) is 0 Å². The maximum atomic E-state index is 15.3. The molecule has 1 heterocycles. The predicted molar refractivity (Wildman–Crippen MR) is 144 cm³/mol. The van der Waals surface area contributed by atoms with E-state index in [2.05, 4.69) is 26.0 Å². The quantitative estimate of drug-likeness (QED) is 0.332. The Hall–Kier alpha value is -2.62. The predicted octanol–water partition coefficient (Wildman–Crippen LogP) is 8.88. The summed E-state index contributed by atoms with van der Waals surface area (Å²) in [5.74, 6) is 2.74. The molecule has 36 heavy (non-hydrogen) atoms. The second kappa shape index (κ2) is 11.2. The summed E-state index contributed by atoms with van der Waals surface area (Å²) in [7, 11) is 0. The molecule has 0 aliphatic heterocycles. The van der Waals surface area contributed by atoms with Gasteiger partial charge < -0.3 is 9.15 Å². The molecule has 192 valence electrons. The number of hydrogen-bond acceptors (Lipinski definition) is 3. The Morgan fingerprint density at radius 2 is 1.44 bits per heavy atom. The largest absolute Gasteiger partial charge is 0.490 e. The van der Waals surface area contributed by atoms with Gasteiger partial charge >= 0.3 is 5.63 Å². The molecule has 5 rings (SSSR count). The van der Waals surface area contributed by atoms with Crippen LogP contribution in [0.3, 0.4) is 0 Å². The van der Waals surface area contributed by atoms with Gasteiger partial charge in [0.1, 0.15) is 11.1 Å². The molecule has 0 atom stereocenters. The molecular formula is C32H39FO3. The Kier molecular flexibility index (Phi) is 7.79. The van der Waals surface area contributed by atoms with Gasteiger partial charge in [0.25, 0.3) is 0 Å². The van der Waals surface area contributed by atoms with Crippen molar-refractivity contribution in [3.05, 3.63) is 64.3 Å². The van der Waals surface area contributed by atoms with E-state index in [0.29, 0.717) is 29.6 Å². The Morgan fingerprint density at radius 3 is 2.08 bits per heavy atom. The van der Waals surface area contributed by atoms with Crippen LogP contribution in [0.25, 0.3) is 22.1 Å². The lowest BCUT2D eigenvalue weighted by Gasteiger charge is -2.28. The van der Waals surface area contributed by atoms with Crippen molar-refractivity contribution in [2.45, 2.75) is 84.0 Å². The first-order chi connectivity index (χ1) is 17.6. The Labute approximate surface area is 214 Å². The topological polar surface area (TPSA) is 39.4 Å². The van der Waals surface area contributed by atoms with Gasteiger partial charge in [0.05, 0.1) is 6.61 Å². The molecule has 0 radical (unpaired) electrons. The van der Waals surface area contributed by atoms with Gasteiger partial charge in [0, 0.05) is 5.56 Å². The standard InChI is InChI=1S/C32H39FO3/c1-3-21-5-7-23(8-6-21)20-35-28-18-17-27-19-29(36-32(34)30(27)31(28)33)26-15-13-25(14-16-26)24-11-9-22(4-2)10-12-24/h13-19,21-24H,3-12,20H2,1-2H3. The molecule has 2 aliphatic carbocycles. The summed E-state index contributed by atoms with van der Waals surface area (Å²) >= 11 is 0. The van der Waals surface area contributed by atoms with Crippen LogP contribution in [-0.4, -0.2) is 6.61 Å². The van der Waals surface area contributed by atoms with Gasteiger partial charge in [-0.25, -0.2) is 9.18 Å². The molecule has 2 aliphatic rings. The zero-order chi connectivity index (χ0) is 25.1. The minimum absolute atomic E-state index is 0.0322. The van der Waals surface area contributed by atoms with E-state index >= 15 is 4.39 Å². The summed E-state index contributed by atoms with van der Waals surface area (Å²) in [6.45, 7) is 5.03. The summed E-state index contributed by atoms with van der Waals surface area (Å²) in [6.07, 6.45) is 12.3. The van der Waals surface area contributed by atoms with Gasteiger partial charge in [-0.3, -0.25) is 0 Å². The fraction of sp³-hybridized carbons (Fsp3) is 0.531. The minimum atomic E-state index is -0.657. The third-order valence-electron chi connectivity index (χ3n) is 8.94. The first kappa shape index (κ1) is 25.0. The van der Waals surface area contributed by atoms with Crippen molar-refractivity contribution < 1.29 is 13.5 Å². The molecule has 1 aromatic heterocycles. The van der Waals surface area contributed by atoms with Crippen LogP contribution in [0.15, 0.2) is 51.7 Å². The van der Waals surface area contributed by atoms with Crippen molar-refractivity contribution in [3.8, 4) is 17.1 Å². The van der Waals surface area contributed by atoms with Gasteiger partial charge in [0.2, 0.25) is 0 Å². The van der Waals surface area contributed by atoms with Crippen LogP contribution < -0.4 is 10.4 Å². The molecule has 3 aromatic rings. The van der Waals surface area contributed by atoms with E-state index in [1.54, 1.807) is 18.2 Å². The number of rotatable bonds is 7. The van der Waals surface area contributed by atoms with Crippen molar-refractivity contribution in [3.63, 3.8) is 0 Å². The lowest BCUT2D eigenvalue weighted by Crippen LogP contribution is -2.20. The molecule has 2 aromatic carbocycles. The SMILES string of the molecule is CCC1CCC(COc2ccc3cc(-c4ccc(C5CCC(CC)CC5)cc4)oc(=O)c3c2F)CC1. The van der Waals surface area contributed by atoms with E-state index < -0.39 is 11.4 Å². The zero-order valence-electron chi connectivity index (χ0n) is 21.7. The summed E-state index contributed by atoms with van der Waals surface area (Å²) in [6, 6.07) is 13.5. The van der Waals surface area contributed by atoms with Gasteiger partial charge in [-0.15, -0.1) is 0 Å². The first-order valence-electron chi connectivity index (χ1n) is 14.0. The molecule has 0 unspecified atom stereocenters. The third kappa shape index (κ3) is 5.38. The van der Waals surface area contributed by atoms with Gasteiger partial charge in [-0.05, 0) is 85.3 Å². The van der Waals surface area contributed by atoms with Crippen LogP contribution in [0, 0.1) is 23.6 Å². The molecule has 0 amide bonds. The number of benzene rings is 2. The van der Waals surface area contributed by atoms with Crippen LogP contribution in [0.5, 0.6) is 5.75 Å². The first-order valence-corrected chi connectivity index (χ1v) is 14.0. The fourth-order valence-corrected chi connectivity index (χ4v) is 6.31. The number of fused-ring (bicyclic) bond motifs is 1. The second-order valence-electron chi connectivity index (χ2n) is 11.1. The van der Waals surface area contributed by atoms with Gasteiger partial charge in [-0.1, -0.05) is 69.9 Å².